The van der Waals surface area contributed by atoms with Gasteiger partial charge < -0.3 is 4.90 Å². The van der Waals surface area contributed by atoms with Crippen LogP contribution >= 0.6 is 23.4 Å². The maximum atomic E-state index is 14.7. The molecule has 1 amide bonds. The van der Waals surface area contributed by atoms with E-state index >= 15 is 0 Å². The lowest BCUT2D eigenvalue weighted by atomic mass is 10.00. The smallest absolute Gasteiger partial charge is 0.266 e. The number of hydrogen-bond donors (Lipinski definition) is 0. The highest BCUT2D eigenvalue weighted by Gasteiger charge is 2.22. The number of carbonyl (C=O) groups is 1. The molecule has 0 saturated carbocycles. The molecular weight excluding hydrogens is 480 g/mol. The molecule has 0 aliphatic carbocycles. The van der Waals surface area contributed by atoms with Crippen LogP contribution in [0, 0.1) is 11.6 Å². The molecule has 9 heteroatoms. The van der Waals surface area contributed by atoms with Crippen LogP contribution in [0.3, 0.4) is 0 Å². The van der Waals surface area contributed by atoms with Gasteiger partial charge in [-0.2, -0.15) is 0 Å². The largest absolute Gasteiger partial charge is 0.337 e. The molecule has 0 atom stereocenters. The molecule has 34 heavy (non-hydrogen) atoms. The second kappa shape index (κ2) is 9.19. The molecule has 1 aromatic heterocycles. The first kappa shape index (κ1) is 22.6. The summed E-state index contributed by atoms with van der Waals surface area (Å²) in [4.78, 5) is 32.6. The molecule has 172 valence electrons. The molecular formula is C25H18ClF2N3O2S. The lowest BCUT2D eigenvalue weighted by Gasteiger charge is -2.28. The van der Waals surface area contributed by atoms with E-state index in [1.807, 2.05) is 18.2 Å². The van der Waals surface area contributed by atoms with Crippen molar-refractivity contribution in [1.82, 2.24) is 14.5 Å². The lowest BCUT2D eigenvalue weighted by molar-refractivity contribution is -0.129. The number of halogens is 3. The predicted molar refractivity (Wildman–Crippen MR) is 129 cm³/mol. The van der Waals surface area contributed by atoms with Crippen molar-refractivity contribution in [2.45, 2.75) is 18.1 Å². The van der Waals surface area contributed by atoms with E-state index in [1.165, 1.54) is 17.7 Å². The average Bonchev–Trinajstić information content (AvgIpc) is 2.83. The van der Waals surface area contributed by atoms with E-state index in [2.05, 4.69) is 11.1 Å². The highest BCUT2D eigenvalue weighted by atomic mass is 35.5. The Bertz CT molecular complexity index is 1490. The molecule has 0 unspecified atom stereocenters. The van der Waals surface area contributed by atoms with Crippen LogP contribution < -0.4 is 5.56 Å². The highest BCUT2D eigenvalue weighted by Crippen LogP contribution is 2.26. The van der Waals surface area contributed by atoms with Gasteiger partial charge in [-0.15, -0.1) is 0 Å². The van der Waals surface area contributed by atoms with Crippen LogP contribution in [0.15, 0.2) is 70.6 Å². The number of thioether (sulfide) groups is 1. The second-order valence-electron chi connectivity index (χ2n) is 7.91. The van der Waals surface area contributed by atoms with Gasteiger partial charge in [-0.1, -0.05) is 47.6 Å². The lowest BCUT2D eigenvalue weighted by Crippen LogP contribution is -2.37. The van der Waals surface area contributed by atoms with Crippen LogP contribution in [0.5, 0.6) is 0 Å². The maximum absolute atomic E-state index is 14.7. The van der Waals surface area contributed by atoms with Crippen LogP contribution in [0.4, 0.5) is 8.78 Å². The Labute approximate surface area is 203 Å². The minimum atomic E-state index is -0.911. The second-order valence-corrected chi connectivity index (χ2v) is 9.29. The monoisotopic (exact) mass is 497 g/mol. The zero-order valence-corrected chi connectivity index (χ0v) is 19.4. The minimum absolute atomic E-state index is 0.0104. The Kier molecular flexibility index (Phi) is 6.10. The third-order valence-corrected chi connectivity index (χ3v) is 6.92. The number of benzene rings is 3. The van der Waals surface area contributed by atoms with Gasteiger partial charge in [0.15, 0.2) is 5.16 Å². The fraction of sp³-hybridized carbons (Fsp3) is 0.160. The maximum Gasteiger partial charge on any atom is 0.266 e. The van der Waals surface area contributed by atoms with Crippen LogP contribution in [0.2, 0.25) is 5.02 Å². The molecule has 0 N–H and O–H groups in total. The summed E-state index contributed by atoms with van der Waals surface area (Å²) in [5, 5.41) is 0.661. The van der Waals surface area contributed by atoms with E-state index in [-0.39, 0.29) is 27.9 Å². The standard InChI is InChI=1S/C25H18ClF2N3O2S/c26-17-5-7-21-19(11-17)24(33)31(22-8-6-18(27)12-20(22)28)25(29-21)34-14-23(32)30-10-9-15-3-1-2-4-16(15)13-30/h1-8,11-12H,9-10,13-14H2. The van der Waals surface area contributed by atoms with E-state index in [0.717, 1.165) is 34.4 Å². The summed E-state index contributed by atoms with van der Waals surface area (Å²) in [7, 11) is 0. The molecule has 1 aliphatic heterocycles. The van der Waals surface area contributed by atoms with E-state index < -0.39 is 17.2 Å². The van der Waals surface area contributed by atoms with Crippen molar-refractivity contribution in [3.05, 3.63) is 98.8 Å². The molecule has 0 spiro atoms. The number of nitrogens with zero attached hydrogens (tertiary/aromatic N) is 3. The Morgan fingerprint density at radius 1 is 1.06 bits per heavy atom. The van der Waals surface area contributed by atoms with Crippen LogP contribution in [0.1, 0.15) is 11.1 Å². The fourth-order valence-electron chi connectivity index (χ4n) is 4.04. The van der Waals surface area contributed by atoms with E-state index in [1.54, 1.807) is 17.0 Å². The van der Waals surface area contributed by atoms with Crippen molar-refractivity contribution in [3.63, 3.8) is 0 Å². The van der Waals surface area contributed by atoms with Gasteiger partial charge in [0.1, 0.15) is 11.6 Å². The number of hydrogen-bond acceptors (Lipinski definition) is 4. The summed E-state index contributed by atoms with van der Waals surface area (Å²) in [5.41, 5.74) is 2.00. The molecule has 0 saturated heterocycles. The van der Waals surface area contributed by atoms with Crippen molar-refractivity contribution in [1.29, 1.82) is 0 Å². The Morgan fingerprint density at radius 2 is 1.85 bits per heavy atom. The molecule has 1 aliphatic rings. The molecule has 0 fully saturated rings. The number of aromatic nitrogens is 2. The van der Waals surface area contributed by atoms with E-state index in [0.29, 0.717) is 29.7 Å². The van der Waals surface area contributed by atoms with Gasteiger partial charge in [-0.3, -0.25) is 14.2 Å². The summed E-state index contributed by atoms with van der Waals surface area (Å²) in [6.45, 7) is 1.11. The Morgan fingerprint density at radius 3 is 2.65 bits per heavy atom. The van der Waals surface area contributed by atoms with Gasteiger partial charge in [0.2, 0.25) is 5.91 Å². The van der Waals surface area contributed by atoms with Gasteiger partial charge in [-0.25, -0.2) is 13.8 Å². The van der Waals surface area contributed by atoms with Gasteiger partial charge in [0, 0.05) is 24.2 Å². The van der Waals surface area contributed by atoms with Crippen molar-refractivity contribution in [2.75, 3.05) is 12.3 Å². The first-order valence-electron chi connectivity index (χ1n) is 10.6. The van der Waals surface area contributed by atoms with E-state index in [4.69, 9.17) is 11.6 Å². The van der Waals surface area contributed by atoms with Crippen molar-refractivity contribution < 1.29 is 13.6 Å². The van der Waals surface area contributed by atoms with E-state index in [9.17, 15) is 18.4 Å². The first-order valence-corrected chi connectivity index (χ1v) is 11.9. The highest BCUT2D eigenvalue weighted by molar-refractivity contribution is 7.99. The SMILES string of the molecule is O=C(CSc1nc2ccc(Cl)cc2c(=O)n1-c1ccc(F)cc1F)N1CCc2ccccc2C1. The predicted octanol–water partition coefficient (Wildman–Crippen LogP) is 4.99. The molecule has 0 radical (unpaired) electrons. The fourth-order valence-corrected chi connectivity index (χ4v) is 5.12. The van der Waals surface area contributed by atoms with Crippen LogP contribution in [-0.2, 0) is 17.8 Å². The van der Waals surface area contributed by atoms with Gasteiger partial charge in [0.25, 0.3) is 5.56 Å². The number of amides is 1. The van der Waals surface area contributed by atoms with Gasteiger partial charge in [0.05, 0.1) is 22.3 Å². The zero-order valence-electron chi connectivity index (χ0n) is 17.8. The molecule has 3 aromatic carbocycles. The van der Waals surface area contributed by atoms with Gasteiger partial charge >= 0.3 is 0 Å². The third-order valence-electron chi connectivity index (χ3n) is 5.76. The third kappa shape index (κ3) is 4.31. The molecule has 5 rings (SSSR count). The quantitative estimate of drug-likeness (QED) is 0.294. The molecule has 2 heterocycles. The number of rotatable bonds is 4. The number of fused-ring (bicyclic) bond motifs is 2. The van der Waals surface area contributed by atoms with Crippen LogP contribution in [0.25, 0.3) is 16.6 Å². The minimum Gasteiger partial charge on any atom is -0.337 e. The Hall–Kier alpha value is -3.23. The summed E-state index contributed by atoms with van der Waals surface area (Å²) in [6.07, 6.45) is 0.771. The summed E-state index contributed by atoms with van der Waals surface area (Å²) < 4.78 is 29.3. The number of carbonyl (C=O) groups excluding carboxylic acids is 1. The Balaban J connectivity index is 1.49. The normalized spacial score (nSPS) is 13.2. The summed E-state index contributed by atoms with van der Waals surface area (Å²) >= 11 is 7.09. The topological polar surface area (TPSA) is 55.2 Å². The molecule has 4 aromatic rings. The molecule has 0 bridgehead atoms. The van der Waals surface area contributed by atoms with Crippen molar-refractivity contribution in [2.24, 2.45) is 0 Å². The van der Waals surface area contributed by atoms with Crippen LogP contribution in [-0.4, -0.2) is 32.7 Å². The zero-order chi connectivity index (χ0) is 23.8. The van der Waals surface area contributed by atoms with Crippen molar-refractivity contribution >= 4 is 40.2 Å². The van der Waals surface area contributed by atoms with Gasteiger partial charge in [-0.05, 0) is 47.9 Å². The summed E-state index contributed by atoms with van der Waals surface area (Å²) in [6, 6.07) is 15.6. The van der Waals surface area contributed by atoms with Crippen molar-refractivity contribution in [3.8, 4) is 5.69 Å². The summed E-state index contributed by atoms with van der Waals surface area (Å²) in [5.74, 6) is -1.78. The first-order chi connectivity index (χ1) is 16.4. The average molecular weight is 498 g/mol. The molecule has 5 nitrogen and oxygen atoms in total.